The summed E-state index contributed by atoms with van der Waals surface area (Å²) < 4.78 is 5.78. The second-order valence-electron chi connectivity index (χ2n) is 6.55. The van der Waals surface area contributed by atoms with Gasteiger partial charge in [-0.3, -0.25) is 4.90 Å². The Labute approximate surface area is 112 Å². The molecule has 0 aromatic rings. The molecule has 2 fully saturated rings. The van der Waals surface area contributed by atoms with Gasteiger partial charge in [-0.2, -0.15) is 0 Å². The maximum atomic E-state index is 5.78. The van der Waals surface area contributed by atoms with Crippen molar-refractivity contribution in [2.75, 3.05) is 26.2 Å². The minimum atomic E-state index is 0.292. The van der Waals surface area contributed by atoms with Crippen LogP contribution < -0.4 is 5.32 Å². The molecule has 3 nitrogen and oxygen atoms in total. The summed E-state index contributed by atoms with van der Waals surface area (Å²) in [5, 5.41) is 3.75. The van der Waals surface area contributed by atoms with Crippen molar-refractivity contribution in [2.45, 2.75) is 65.1 Å². The van der Waals surface area contributed by atoms with Crippen molar-refractivity contribution in [1.29, 1.82) is 0 Å². The van der Waals surface area contributed by atoms with E-state index in [0.29, 0.717) is 23.6 Å². The first-order valence-electron chi connectivity index (χ1n) is 7.64. The van der Waals surface area contributed by atoms with E-state index >= 15 is 0 Å². The standard InChI is InChI=1S/C15H30N2O/c1-5-18-14-10-13(15(14,3)4)16-11-12(2)17-8-6-7-9-17/h12-14,16H,5-11H2,1-4H3. The van der Waals surface area contributed by atoms with Crippen LogP contribution in [0, 0.1) is 5.41 Å². The third kappa shape index (κ3) is 2.89. The van der Waals surface area contributed by atoms with Crippen molar-refractivity contribution < 1.29 is 4.74 Å². The molecule has 2 aliphatic rings. The average Bonchev–Trinajstić information content (AvgIpc) is 2.86. The largest absolute Gasteiger partial charge is 0.378 e. The van der Waals surface area contributed by atoms with Gasteiger partial charge in [0.15, 0.2) is 0 Å². The Balaban J connectivity index is 1.71. The number of hydrogen-bond donors (Lipinski definition) is 1. The molecule has 106 valence electrons. The summed E-state index contributed by atoms with van der Waals surface area (Å²) in [5.41, 5.74) is 0.292. The molecule has 1 saturated heterocycles. The van der Waals surface area contributed by atoms with E-state index in [1.165, 1.54) is 32.4 Å². The summed E-state index contributed by atoms with van der Waals surface area (Å²) in [6, 6.07) is 1.30. The van der Waals surface area contributed by atoms with Crippen molar-refractivity contribution in [3.63, 3.8) is 0 Å². The number of ether oxygens (including phenoxy) is 1. The Bertz CT molecular complexity index is 261. The van der Waals surface area contributed by atoms with Crippen LogP contribution in [0.1, 0.15) is 47.0 Å². The molecule has 3 atom stereocenters. The zero-order valence-electron chi connectivity index (χ0n) is 12.5. The van der Waals surface area contributed by atoms with Gasteiger partial charge in [-0.05, 0) is 46.2 Å². The third-order valence-corrected chi connectivity index (χ3v) is 4.97. The van der Waals surface area contributed by atoms with Gasteiger partial charge in [0.1, 0.15) is 0 Å². The molecular weight excluding hydrogens is 224 g/mol. The van der Waals surface area contributed by atoms with Gasteiger partial charge in [-0.15, -0.1) is 0 Å². The summed E-state index contributed by atoms with van der Waals surface area (Å²) in [6.45, 7) is 13.6. The lowest BCUT2D eigenvalue weighted by Crippen LogP contribution is -2.62. The van der Waals surface area contributed by atoms with Gasteiger partial charge in [-0.25, -0.2) is 0 Å². The molecule has 18 heavy (non-hydrogen) atoms. The number of nitrogens with zero attached hydrogens (tertiary/aromatic N) is 1. The van der Waals surface area contributed by atoms with Crippen LogP contribution in [0.3, 0.4) is 0 Å². The van der Waals surface area contributed by atoms with Gasteiger partial charge in [0, 0.05) is 30.7 Å². The molecule has 2 rings (SSSR count). The predicted molar refractivity (Wildman–Crippen MR) is 75.9 cm³/mol. The van der Waals surface area contributed by atoms with Crippen LogP contribution in [0.2, 0.25) is 0 Å². The first-order valence-corrected chi connectivity index (χ1v) is 7.64. The van der Waals surface area contributed by atoms with Crippen LogP contribution in [-0.4, -0.2) is 49.3 Å². The van der Waals surface area contributed by atoms with Crippen molar-refractivity contribution in [3.8, 4) is 0 Å². The van der Waals surface area contributed by atoms with Crippen LogP contribution in [-0.2, 0) is 4.74 Å². The molecule has 1 N–H and O–H groups in total. The number of nitrogens with one attached hydrogen (secondary N) is 1. The molecule has 0 spiro atoms. The highest BCUT2D eigenvalue weighted by Crippen LogP contribution is 2.42. The van der Waals surface area contributed by atoms with Crippen molar-refractivity contribution in [3.05, 3.63) is 0 Å². The van der Waals surface area contributed by atoms with E-state index in [4.69, 9.17) is 4.74 Å². The highest BCUT2D eigenvalue weighted by Gasteiger charge is 2.48. The van der Waals surface area contributed by atoms with Crippen molar-refractivity contribution >= 4 is 0 Å². The SMILES string of the molecule is CCOC1CC(NCC(C)N2CCCC2)C1(C)C. The van der Waals surface area contributed by atoms with Crippen LogP contribution in [0.5, 0.6) is 0 Å². The van der Waals surface area contributed by atoms with E-state index in [-0.39, 0.29) is 0 Å². The average molecular weight is 254 g/mol. The first kappa shape index (κ1) is 14.3. The molecule has 0 aromatic heterocycles. The fraction of sp³-hybridized carbons (Fsp3) is 1.00. The van der Waals surface area contributed by atoms with Crippen LogP contribution >= 0.6 is 0 Å². The third-order valence-electron chi connectivity index (χ3n) is 4.97. The van der Waals surface area contributed by atoms with E-state index in [2.05, 4.69) is 37.9 Å². The lowest BCUT2D eigenvalue weighted by molar-refractivity contribution is -0.114. The minimum absolute atomic E-state index is 0.292. The molecule has 0 aromatic carbocycles. The van der Waals surface area contributed by atoms with Gasteiger partial charge in [0.05, 0.1) is 6.10 Å². The quantitative estimate of drug-likeness (QED) is 0.787. The van der Waals surface area contributed by atoms with Crippen molar-refractivity contribution in [1.82, 2.24) is 10.2 Å². The van der Waals surface area contributed by atoms with Gasteiger partial charge >= 0.3 is 0 Å². The van der Waals surface area contributed by atoms with E-state index in [1.54, 1.807) is 0 Å². The summed E-state index contributed by atoms with van der Waals surface area (Å²) in [4.78, 5) is 2.61. The zero-order valence-corrected chi connectivity index (χ0v) is 12.5. The van der Waals surface area contributed by atoms with E-state index in [1.807, 2.05) is 0 Å². The Morgan fingerprint density at radius 1 is 1.33 bits per heavy atom. The molecule has 1 aliphatic heterocycles. The first-order chi connectivity index (χ1) is 8.55. The van der Waals surface area contributed by atoms with Crippen LogP contribution in [0.4, 0.5) is 0 Å². The number of rotatable bonds is 6. The molecule has 0 bridgehead atoms. The fourth-order valence-corrected chi connectivity index (χ4v) is 3.34. The Kier molecular flexibility index (Phi) is 4.68. The minimum Gasteiger partial charge on any atom is -0.378 e. The van der Waals surface area contributed by atoms with Gasteiger partial charge in [-0.1, -0.05) is 13.8 Å². The summed E-state index contributed by atoms with van der Waals surface area (Å²) in [5.74, 6) is 0. The summed E-state index contributed by atoms with van der Waals surface area (Å²) in [7, 11) is 0. The molecule has 3 unspecified atom stereocenters. The predicted octanol–water partition coefficient (Wildman–Crippen LogP) is 2.26. The number of hydrogen-bond acceptors (Lipinski definition) is 3. The van der Waals surface area contributed by atoms with E-state index in [9.17, 15) is 0 Å². The van der Waals surface area contributed by atoms with Gasteiger partial charge in [0.2, 0.25) is 0 Å². The maximum absolute atomic E-state index is 5.78. The van der Waals surface area contributed by atoms with Crippen LogP contribution in [0.15, 0.2) is 0 Å². The van der Waals surface area contributed by atoms with Gasteiger partial charge in [0.25, 0.3) is 0 Å². The second kappa shape index (κ2) is 5.89. The Hall–Kier alpha value is -0.120. The summed E-state index contributed by atoms with van der Waals surface area (Å²) >= 11 is 0. The molecule has 1 heterocycles. The normalized spacial score (nSPS) is 33.3. The van der Waals surface area contributed by atoms with Crippen LogP contribution in [0.25, 0.3) is 0 Å². The van der Waals surface area contributed by atoms with E-state index in [0.717, 1.165) is 13.2 Å². The number of likely N-dealkylation sites (tertiary alicyclic amines) is 1. The highest BCUT2D eigenvalue weighted by molar-refractivity contribution is 5.03. The Morgan fingerprint density at radius 2 is 2.00 bits per heavy atom. The molecule has 1 saturated carbocycles. The molecule has 3 heteroatoms. The molecular formula is C15H30N2O. The topological polar surface area (TPSA) is 24.5 Å². The lowest BCUT2D eigenvalue weighted by Gasteiger charge is -2.52. The maximum Gasteiger partial charge on any atom is 0.0655 e. The molecule has 1 aliphatic carbocycles. The lowest BCUT2D eigenvalue weighted by atomic mass is 9.64. The second-order valence-corrected chi connectivity index (χ2v) is 6.55. The fourth-order valence-electron chi connectivity index (χ4n) is 3.34. The van der Waals surface area contributed by atoms with Crippen molar-refractivity contribution in [2.24, 2.45) is 5.41 Å². The smallest absolute Gasteiger partial charge is 0.0655 e. The van der Waals surface area contributed by atoms with Gasteiger partial charge < -0.3 is 10.1 Å². The zero-order chi connectivity index (χ0) is 13.2. The highest BCUT2D eigenvalue weighted by atomic mass is 16.5. The molecule has 0 amide bonds. The van der Waals surface area contributed by atoms with E-state index < -0.39 is 0 Å². The monoisotopic (exact) mass is 254 g/mol. The summed E-state index contributed by atoms with van der Waals surface area (Å²) in [6.07, 6.45) is 4.38. The molecule has 0 radical (unpaired) electrons. The Morgan fingerprint density at radius 3 is 2.56 bits per heavy atom.